The SMILES string of the molecule is C=C(Br)CN1CCCCC1C1CCCC1O. The Morgan fingerprint density at radius 2 is 2.06 bits per heavy atom. The first kappa shape index (κ1) is 12.6. The molecule has 3 unspecified atom stereocenters. The van der Waals surface area contributed by atoms with Crippen molar-refractivity contribution in [3.05, 3.63) is 11.1 Å². The van der Waals surface area contributed by atoms with Gasteiger partial charge in [0.15, 0.2) is 0 Å². The molecule has 2 rings (SSSR count). The van der Waals surface area contributed by atoms with Crippen LogP contribution in [0.5, 0.6) is 0 Å². The van der Waals surface area contributed by atoms with Crippen molar-refractivity contribution in [2.24, 2.45) is 5.92 Å². The molecular weight excluding hydrogens is 266 g/mol. The first-order chi connectivity index (χ1) is 7.68. The molecule has 3 heteroatoms. The highest BCUT2D eigenvalue weighted by molar-refractivity contribution is 9.11. The lowest BCUT2D eigenvalue weighted by atomic mass is 9.88. The van der Waals surface area contributed by atoms with Gasteiger partial charge in [-0.2, -0.15) is 0 Å². The second-order valence-electron chi connectivity index (χ2n) is 5.21. The van der Waals surface area contributed by atoms with Crippen molar-refractivity contribution in [2.45, 2.75) is 50.7 Å². The molecular formula is C13H22BrNO. The van der Waals surface area contributed by atoms with E-state index in [0.717, 1.165) is 17.4 Å². The largest absolute Gasteiger partial charge is 0.393 e. The fraction of sp³-hybridized carbons (Fsp3) is 0.846. The third kappa shape index (κ3) is 2.88. The van der Waals surface area contributed by atoms with E-state index in [2.05, 4.69) is 27.4 Å². The molecule has 0 aromatic heterocycles. The van der Waals surface area contributed by atoms with Gasteiger partial charge in [0.1, 0.15) is 0 Å². The monoisotopic (exact) mass is 287 g/mol. The lowest BCUT2D eigenvalue weighted by molar-refractivity contribution is 0.0414. The van der Waals surface area contributed by atoms with Gasteiger partial charge in [-0.25, -0.2) is 0 Å². The minimum absolute atomic E-state index is 0.0609. The number of aliphatic hydroxyl groups is 1. The summed E-state index contributed by atoms with van der Waals surface area (Å²) in [7, 11) is 0. The van der Waals surface area contributed by atoms with E-state index in [4.69, 9.17) is 0 Å². The maximum atomic E-state index is 10.0. The van der Waals surface area contributed by atoms with Gasteiger partial charge in [0, 0.05) is 23.0 Å². The summed E-state index contributed by atoms with van der Waals surface area (Å²) in [5, 5.41) is 10.0. The van der Waals surface area contributed by atoms with Crippen LogP contribution < -0.4 is 0 Å². The van der Waals surface area contributed by atoms with Gasteiger partial charge in [0.2, 0.25) is 0 Å². The topological polar surface area (TPSA) is 23.5 Å². The second kappa shape index (κ2) is 5.65. The van der Waals surface area contributed by atoms with Crippen molar-refractivity contribution in [1.29, 1.82) is 0 Å². The van der Waals surface area contributed by atoms with E-state index in [0.29, 0.717) is 12.0 Å². The van der Waals surface area contributed by atoms with Crippen molar-refractivity contribution < 1.29 is 5.11 Å². The molecule has 0 amide bonds. The Hall–Kier alpha value is 0.140. The van der Waals surface area contributed by atoms with Crippen LogP contribution in [0.2, 0.25) is 0 Å². The van der Waals surface area contributed by atoms with Crippen molar-refractivity contribution in [2.75, 3.05) is 13.1 Å². The summed E-state index contributed by atoms with van der Waals surface area (Å²) in [4.78, 5) is 2.51. The summed E-state index contributed by atoms with van der Waals surface area (Å²) < 4.78 is 1.06. The van der Waals surface area contributed by atoms with Crippen molar-refractivity contribution in [3.8, 4) is 0 Å². The molecule has 1 saturated heterocycles. The van der Waals surface area contributed by atoms with Crippen molar-refractivity contribution in [3.63, 3.8) is 0 Å². The van der Waals surface area contributed by atoms with E-state index in [1.54, 1.807) is 0 Å². The Labute approximate surface area is 107 Å². The summed E-state index contributed by atoms with van der Waals surface area (Å²) in [5.41, 5.74) is 0. The summed E-state index contributed by atoms with van der Waals surface area (Å²) >= 11 is 3.46. The van der Waals surface area contributed by atoms with Crippen LogP contribution >= 0.6 is 15.9 Å². The molecule has 1 saturated carbocycles. The Kier molecular flexibility index (Phi) is 4.45. The summed E-state index contributed by atoms with van der Waals surface area (Å²) in [6, 6.07) is 0.584. The summed E-state index contributed by atoms with van der Waals surface area (Å²) in [6.07, 6.45) is 7.21. The number of piperidine rings is 1. The second-order valence-corrected chi connectivity index (χ2v) is 6.33. The highest BCUT2D eigenvalue weighted by Crippen LogP contribution is 2.35. The number of hydrogen-bond acceptors (Lipinski definition) is 2. The molecule has 1 N–H and O–H groups in total. The molecule has 0 aromatic carbocycles. The van der Waals surface area contributed by atoms with Crippen LogP contribution in [0, 0.1) is 5.92 Å². The van der Waals surface area contributed by atoms with Crippen molar-refractivity contribution in [1.82, 2.24) is 4.90 Å². The highest BCUT2D eigenvalue weighted by atomic mass is 79.9. The molecule has 2 fully saturated rings. The number of likely N-dealkylation sites (tertiary alicyclic amines) is 1. The van der Waals surface area contributed by atoms with E-state index < -0.39 is 0 Å². The van der Waals surface area contributed by atoms with Crippen LogP contribution in [0.25, 0.3) is 0 Å². The van der Waals surface area contributed by atoms with Gasteiger partial charge in [-0.05, 0) is 32.2 Å². The molecule has 2 aliphatic rings. The molecule has 16 heavy (non-hydrogen) atoms. The Morgan fingerprint density at radius 1 is 1.25 bits per heavy atom. The fourth-order valence-electron chi connectivity index (χ4n) is 3.34. The lowest BCUT2D eigenvalue weighted by Crippen LogP contribution is -2.46. The molecule has 1 heterocycles. The van der Waals surface area contributed by atoms with E-state index >= 15 is 0 Å². The molecule has 0 radical (unpaired) electrons. The van der Waals surface area contributed by atoms with Crippen LogP contribution in [-0.4, -0.2) is 35.2 Å². The number of nitrogens with zero attached hydrogens (tertiary/aromatic N) is 1. The molecule has 1 aliphatic heterocycles. The third-order valence-corrected chi connectivity index (χ3v) is 4.32. The first-order valence-corrected chi connectivity index (χ1v) is 7.23. The summed E-state index contributed by atoms with van der Waals surface area (Å²) in [6.45, 7) is 6.05. The quantitative estimate of drug-likeness (QED) is 0.863. The van der Waals surface area contributed by atoms with E-state index in [9.17, 15) is 5.11 Å². The summed E-state index contributed by atoms with van der Waals surface area (Å²) in [5.74, 6) is 0.507. The smallest absolute Gasteiger partial charge is 0.0583 e. The maximum absolute atomic E-state index is 10.0. The van der Waals surface area contributed by atoms with Gasteiger partial charge >= 0.3 is 0 Å². The average molecular weight is 288 g/mol. The molecule has 2 nitrogen and oxygen atoms in total. The standard InChI is InChI=1S/C13H22BrNO/c1-10(14)9-15-8-3-2-6-12(15)11-5-4-7-13(11)16/h11-13,16H,1-9H2. The lowest BCUT2D eigenvalue weighted by Gasteiger charge is -2.40. The first-order valence-electron chi connectivity index (χ1n) is 6.44. The fourth-order valence-corrected chi connectivity index (χ4v) is 3.66. The highest BCUT2D eigenvalue weighted by Gasteiger charge is 2.36. The molecule has 0 aromatic rings. The van der Waals surface area contributed by atoms with Gasteiger partial charge in [0.25, 0.3) is 0 Å². The average Bonchev–Trinajstić information content (AvgIpc) is 2.64. The van der Waals surface area contributed by atoms with E-state index in [1.165, 1.54) is 38.6 Å². The molecule has 0 bridgehead atoms. The molecule has 0 spiro atoms. The Balaban J connectivity index is 2.00. The van der Waals surface area contributed by atoms with E-state index in [-0.39, 0.29) is 6.10 Å². The minimum atomic E-state index is -0.0609. The zero-order chi connectivity index (χ0) is 11.5. The van der Waals surface area contributed by atoms with E-state index in [1.807, 2.05) is 0 Å². The zero-order valence-corrected chi connectivity index (χ0v) is 11.5. The van der Waals surface area contributed by atoms with Crippen molar-refractivity contribution >= 4 is 15.9 Å². The minimum Gasteiger partial charge on any atom is -0.393 e. The Bertz CT molecular complexity index is 256. The number of halogens is 1. The maximum Gasteiger partial charge on any atom is 0.0583 e. The number of rotatable bonds is 3. The normalized spacial score (nSPS) is 36.5. The predicted octanol–water partition coefficient (Wildman–Crippen LogP) is 2.91. The Morgan fingerprint density at radius 3 is 2.69 bits per heavy atom. The van der Waals surface area contributed by atoms with Gasteiger partial charge in [-0.15, -0.1) is 0 Å². The third-order valence-electron chi connectivity index (χ3n) is 4.06. The number of aliphatic hydroxyl groups excluding tert-OH is 1. The van der Waals surface area contributed by atoms with Gasteiger partial charge in [-0.3, -0.25) is 4.90 Å². The van der Waals surface area contributed by atoms with Crippen LogP contribution in [0.15, 0.2) is 11.1 Å². The molecule has 3 atom stereocenters. The van der Waals surface area contributed by atoms with Crippen LogP contribution in [-0.2, 0) is 0 Å². The van der Waals surface area contributed by atoms with Crippen LogP contribution in [0.3, 0.4) is 0 Å². The molecule has 1 aliphatic carbocycles. The van der Waals surface area contributed by atoms with Gasteiger partial charge in [0.05, 0.1) is 6.10 Å². The van der Waals surface area contributed by atoms with Crippen LogP contribution in [0.1, 0.15) is 38.5 Å². The number of hydrogen-bond donors (Lipinski definition) is 1. The zero-order valence-electron chi connectivity index (χ0n) is 9.87. The molecule has 92 valence electrons. The predicted molar refractivity (Wildman–Crippen MR) is 70.6 cm³/mol. The van der Waals surface area contributed by atoms with Gasteiger partial charge < -0.3 is 5.11 Å². The van der Waals surface area contributed by atoms with Gasteiger partial charge in [-0.1, -0.05) is 35.4 Å². The van der Waals surface area contributed by atoms with Crippen LogP contribution in [0.4, 0.5) is 0 Å².